The molecule has 0 saturated carbocycles. The molecule has 0 spiro atoms. The predicted molar refractivity (Wildman–Crippen MR) is 71.2 cm³/mol. The molecule has 1 saturated heterocycles. The zero-order valence-corrected chi connectivity index (χ0v) is 10.9. The molecular formula is C14H22N2O2. The molecule has 1 aliphatic rings. The number of benzene rings is 1. The Morgan fingerprint density at radius 3 is 2.94 bits per heavy atom. The van der Waals surface area contributed by atoms with Crippen molar-refractivity contribution in [3.63, 3.8) is 0 Å². The SMILES string of the molecule is COCc1cccc(CNCC2CNCC2O)c1. The number of methoxy groups -OCH3 is 1. The molecule has 1 aromatic rings. The Bertz CT molecular complexity index is 371. The average Bonchev–Trinajstić information content (AvgIpc) is 2.76. The summed E-state index contributed by atoms with van der Waals surface area (Å²) in [5.41, 5.74) is 2.45. The Balaban J connectivity index is 1.77. The van der Waals surface area contributed by atoms with E-state index in [9.17, 15) is 5.11 Å². The lowest BCUT2D eigenvalue weighted by Gasteiger charge is -2.14. The van der Waals surface area contributed by atoms with E-state index >= 15 is 0 Å². The monoisotopic (exact) mass is 250 g/mol. The van der Waals surface area contributed by atoms with Gasteiger partial charge in [-0.15, -0.1) is 0 Å². The van der Waals surface area contributed by atoms with Gasteiger partial charge in [0.15, 0.2) is 0 Å². The summed E-state index contributed by atoms with van der Waals surface area (Å²) in [5, 5.41) is 16.3. The molecule has 0 amide bonds. The number of ether oxygens (including phenoxy) is 1. The predicted octanol–water partition coefficient (Wildman–Crippen LogP) is 0.503. The van der Waals surface area contributed by atoms with Crippen molar-refractivity contribution in [3.05, 3.63) is 35.4 Å². The topological polar surface area (TPSA) is 53.5 Å². The van der Waals surface area contributed by atoms with Gasteiger partial charge in [-0.1, -0.05) is 24.3 Å². The molecule has 4 nitrogen and oxygen atoms in total. The van der Waals surface area contributed by atoms with Crippen molar-refractivity contribution in [2.45, 2.75) is 19.3 Å². The molecule has 0 aliphatic carbocycles. The van der Waals surface area contributed by atoms with Gasteiger partial charge in [-0.3, -0.25) is 0 Å². The minimum absolute atomic E-state index is 0.211. The maximum Gasteiger partial charge on any atom is 0.0716 e. The second-order valence-electron chi connectivity index (χ2n) is 4.87. The number of rotatable bonds is 6. The normalized spacial score (nSPS) is 23.4. The highest BCUT2D eigenvalue weighted by Crippen LogP contribution is 2.09. The number of aliphatic hydroxyl groups is 1. The third-order valence-electron chi connectivity index (χ3n) is 3.34. The van der Waals surface area contributed by atoms with Gasteiger partial charge >= 0.3 is 0 Å². The van der Waals surface area contributed by atoms with Crippen LogP contribution in [0.25, 0.3) is 0 Å². The van der Waals surface area contributed by atoms with E-state index in [0.29, 0.717) is 12.5 Å². The smallest absolute Gasteiger partial charge is 0.0716 e. The molecule has 0 radical (unpaired) electrons. The summed E-state index contributed by atoms with van der Waals surface area (Å²) in [4.78, 5) is 0. The molecule has 1 aromatic carbocycles. The maximum absolute atomic E-state index is 9.68. The van der Waals surface area contributed by atoms with Crippen molar-refractivity contribution in [3.8, 4) is 0 Å². The average molecular weight is 250 g/mol. The van der Waals surface area contributed by atoms with Crippen molar-refractivity contribution in [2.75, 3.05) is 26.7 Å². The van der Waals surface area contributed by atoms with Crippen LogP contribution in [0.15, 0.2) is 24.3 Å². The van der Waals surface area contributed by atoms with E-state index < -0.39 is 0 Å². The van der Waals surface area contributed by atoms with Gasteiger partial charge in [-0.2, -0.15) is 0 Å². The largest absolute Gasteiger partial charge is 0.391 e. The van der Waals surface area contributed by atoms with E-state index in [4.69, 9.17) is 4.74 Å². The molecule has 4 heteroatoms. The van der Waals surface area contributed by atoms with Gasteiger partial charge in [0.1, 0.15) is 0 Å². The van der Waals surface area contributed by atoms with Gasteiger partial charge in [-0.25, -0.2) is 0 Å². The summed E-state index contributed by atoms with van der Waals surface area (Å²) in [6.07, 6.45) is -0.211. The van der Waals surface area contributed by atoms with E-state index in [1.165, 1.54) is 11.1 Å². The fourth-order valence-electron chi connectivity index (χ4n) is 2.33. The first kappa shape index (κ1) is 13.5. The van der Waals surface area contributed by atoms with Crippen LogP contribution >= 0.6 is 0 Å². The zero-order chi connectivity index (χ0) is 12.8. The standard InChI is InChI=1S/C14H22N2O2/c1-18-10-12-4-2-3-11(5-12)6-15-7-13-8-16-9-14(13)17/h2-5,13-17H,6-10H2,1H3. The van der Waals surface area contributed by atoms with Crippen LogP contribution in [0.1, 0.15) is 11.1 Å². The van der Waals surface area contributed by atoms with Gasteiger partial charge in [0.05, 0.1) is 12.7 Å². The first-order valence-corrected chi connectivity index (χ1v) is 6.46. The van der Waals surface area contributed by atoms with Crippen LogP contribution in [0.3, 0.4) is 0 Å². The van der Waals surface area contributed by atoms with Gasteiger partial charge in [0.25, 0.3) is 0 Å². The summed E-state index contributed by atoms with van der Waals surface area (Å²) in [5.74, 6) is 0.326. The lowest BCUT2D eigenvalue weighted by atomic mass is 10.1. The molecule has 1 fully saturated rings. The Morgan fingerprint density at radius 1 is 1.39 bits per heavy atom. The summed E-state index contributed by atoms with van der Waals surface area (Å²) in [7, 11) is 1.71. The van der Waals surface area contributed by atoms with Crippen LogP contribution in [0, 0.1) is 5.92 Å². The number of β-amino-alcohol motifs (C(OH)–C–C–N with tert-alkyl or cyclic N) is 1. The minimum atomic E-state index is -0.211. The minimum Gasteiger partial charge on any atom is -0.391 e. The molecule has 0 aromatic heterocycles. The molecule has 1 heterocycles. The number of hydrogen-bond donors (Lipinski definition) is 3. The number of aliphatic hydroxyl groups excluding tert-OH is 1. The van der Waals surface area contributed by atoms with Gasteiger partial charge in [-0.05, 0) is 11.1 Å². The summed E-state index contributed by atoms with van der Waals surface area (Å²) in [6, 6.07) is 8.38. The highest BCUT2D eigenvalue weighted by Gasteiger charge is 2.23. The van der Waals surface area contributed by atoms with Crippen molar-refractivity contribution >= 4 is 0 Å². The first-order chi connectivity index (χ1) is 8.79. The molecule has 100 valence electrons. The van der Waals surface area contributed by atoms with Crippen LogP contribution in [0.2, 0.25) is 0 Å². The summed E-state index contributed by atoms with van der Waals surface area (Å²) < 4.78 is 5.12. The van der Waals surface area contributed by atoms with E-state index in [1.807, 2.05) is 0 Å². The van der Waals surface area contributed by atoms with E-state index in [-0.39, 0.29) is 6.10 Å². The first-order valence-electron chi connectivity index (χ1n) is 6.46. The highest BCUT2D eigenvalue weighted by molar-refractivity contribution is 5.22. The molecule has 0 bridgehead atoms. The van der Waals surface area contributed by atoms with Gasteiger partial charge in [0, 0.05) is 39.2 Å². The Morgan fingerprint density at radius 2 is 2.22 bits per heavy atom. The molecule has 3 N–H and O–H groups in total. The molecular weight excluding hydrogens is 228 g/mol. The highest BCUT2D eigenvalue weighted by atomic mass is 16.5. The van der Waals surface area contributed by atoms with Crippen molar-refractivity contribution in [2.24, 2.45) is 5.92 Å². The summed E-state index contributed by atoms with van der Waals surface area (Å²) in [6.45, 7) is 3.95. The van der Waals surface area contributed by atoms with Crippen molar-refractivity contribution in [1.29, 1.82) is 0 Å². The molecule has 1 aliphatic heterocycles. The van der Waals surface area contributed by atoms with Crippen molar-refractivity contribution < 1.29 is 9.84 Å². The van der Waals surface area contributed by atoms with Crippen LogP contribution < -0.4 is 10.6 Å². The Labute approximate surface area is 108 Å². The number of nitrogens with one attached hydrogen (secondary N) is 2. The third kappa shape index (κ3) is 3.78. The van der Waals surface area contributed by atoms with Crippen LogP contribution in [-0.4, -0.2) is 38.0 Å². The quantitative estimate of drug-likeness (QED) is 0.688. The maximum atomic E-state index is 9.68. The fraction of sp³-hybridized carbons (Fsp3) is 0.571. The Hall–Kier alpha value is -0.940. The third-order valence-corrected chi connectivity index (χ3v) is 3.34. The lowest BCUT2D eigenvalue weighted by molar-refractivity contribution is 0.146. The van der Waals surface area contributed by atoms with Gasteiger partial charge < -0.3 is 20.5 Å². The molecule has 2 rings (SSSR count). The van der Waals surface area contributed by atoms with E-state index in [0.717, 1.165) is 26.2 Å². The van der Waals surface area contributed by atoms with Crippen LogP contribution in [-0.2, 0) is 17.9 Å². The fourth-order valence-corrected chi connectivity index (χ4v) is 2.33. The molecule has 2 atom stereocenters. The second-order valence-corrected chi connectivity index (χ2v) is 4.87. The second kappa shape index (κ2) is 6.85. The van der Waals surface area contributed by atoms with Crippen LogP contribution in [0.5, 0.6) is 0 Å². The van der Waals surface area contributed by atoms with Gasteiger partial charge in [0.2, 0.25) is 0 Å². The van der Waals surface area contributed by atoms with Crippen molar-refractivity contribution in [1.82, 2.24) is 10.6 Å². The van der Waals surface area contributed by atoms with Crippen LogP contribution in [0.4, 0.5) is 0 Å². The molecule has 2 unspecified atom stereocenters. The number of hydrogen-bond acceptors (Lipinski definition) is 4. The summed E-state index contributed by atoms with van der Waals surface area (Å²) >= 11 is 0. The van der Waals surface area contributed by atoms with E-state index in [1.54, 1.807) is 7.11 Å². The lowest BCUT2D eigenvalue weighted by Crippen LogP contribution is -2.30. The van der Waals surface area contributed by atoms with E-state index in [2.05, 4.69) is 34.9 Å². The Kier molecular flexibility index (Phi) is 5.13. The molecule has 18 heavy (non-hydrogen) atoms. The zero-order valence-electron chi connectivity index (χ0n) is 10.9.